The molecule has 1 aromatic heterocycles. The molecule has 0 aromatic carbocycles. The number of carbonyl (C=O) groups excluding carboxylic acids is 1. The number of fused-ring (bicyclic) bond motifs is 1. The molecule has 1 saturated heterocycles. The molecule has 2 aliphatic heterocycles. The number of carbonyl (C=O) groups is 1. The summed E-state index contributed by atoms with van der Waals surface area (Å²) in [5.41, 5.74) is -0.895. The van der Waals surface area contributed by atoms with Crippen molar-refractivity contribution in [3.63, 3.8) is 0 Å². The number of amides is 1. The van der Waals surface area contributed by atoms with Crippen LogP contribution in [0.15, 0.2) is 12.3 Å². The van der Waals surface area contributed by atoms with Crippen LogP contribution in [0.3, 0.4) is 0 Å². The zero-order valence-electron chi connectivity index (χ0n) is 20.3. The molecule has 4 atom stereocenters. The Balaban J connectivity index is 1.50. The number of nitrogens with one attached hydrogen (secondary N) is 1. The molecule has 0 bridgehead atoms. The van der Waals surface area contributed by atoms with Crippen LogP contribution in [-0.2, 0) is 28.7 Å². The Labute approximate surface area is 199 Å². The number of nitrogens with zero attached hydrogens (tertiary/aromatic N) is 2. The van der Waals surface area contributed by atoms with Crippen molar-refractivity contribution in [2.45, 2.75) is 84.1 Å². The summed E-state index contributed by atoms with van der Waals surface area (Å²) in [7, 11) is 0. The first-order valence-corrected chi connectivity index (χ1v) is 12.5. The smallest absolute Gasteiger partial charge is 0.422 e. The van der Waals surface area contributed by atoms with Crippen molar-refractivity contribution in [1.82, 2.24) is 10.2 Å². The second kappa shape index (κ2) is 9.64. The second-order valence-corrected chi connectivity index (χ2v) is 10.6. The van der Waals surface area contributed by atoms with E-state index in [1.165, 1.54) is 0 Å². The first-order valence-electron chi connectivity index (χ1n) is 12.5. The van der Waals surface area contributed by atoms with Gasteiger partial charge in [0.1, 0.15) is 5.56 Å². The predicted octanol–water partition coefficient (Wildman–Crippen LogP) is 3.82. The Kier molecular flexibility index (Phi) is 7.16. The summed E-state index contributed by atoms with van der Waals surface area (Å²) < 4.78 is 45.7. The fourth-order valence-corrected chi connectivity index (χ4v) is 6.14. The van der Waals surface area contributed by atoms with Gasteiger partial charge in [-0.05, 0) is 50.0 Å². The van der Waals surface area contributed by atoms with Crippen LogP contribution in [0.1, 0.15) is 69.7 Å². The molecule has 190 valence electrons. The molecule has 1 aliphatic carbocycles. The number of hydrogen-bond acceptors (Lipinski definition) is 4. The Morgan fingerprint density at radius 1 is 1.38 bits per heavy atom. The van der Waals surface area contributed by atoms with Crippen molar-refractivity contribution in [3.8, 4) is 0 Å². The van der Waals surface area contributed by atoms with Gasteiger partial charge < -0.3 is 20.2 Å². The van der Waals surface area contributed by atoms with Crippen LogP contribution in [0.25, 0.3) is 0 Å². The van der Waals surface area contributed by atoms with Crippen molar-refractivity contribution in [1.29, 1.82) is 0 Å². The van der Waals surface area contributed by atoms with E-state index in [1.54, 1.807) is 4.90 Å². The molecule has 1 N–H and O–H groups in total. The van der Waals surface area contributed by atoms with Gasteiger partial charge in [-0.1, -0.05) is 20.8 Å². The summed E-state index contributed by atoms with van der Waals surface area (Å²) in [6, 6.07) is 1.65. The maximum atomic E-state index is 13.9. The average Bonchev–Trinajstić information content (AvgIpc) is 3.23. The third-order valence-corrected chi connectivity index (χ3v) is 8.35. The van der Waals surface area contributed by atoms with E-state index in [4.69, 9.17) is 4.74 Å². The second-order valence-electron chi connectivity index (χ2n) is 10.6. The summed E-state index contributed by atoms with van der Waals surface area (Å²) >= 11 is 0. The Morgan fingerprint density at radius 3 is 2.82 bits per heavy atom. The van der Waals surface area contributed by atoms with Crippen molar-refractivity contribution in [2.75, 3.05) is 19.8 Å². The van der Waals surface area contributed by atoms with Crippen molar-refractivity contribution < 1.29 is 27.4 Å². The van der Waals surface area contributed by atoms with Gasteiger partial charge in [0.05, 0.1) is 25.0 Å². The van der Waals surface area contributed by atoms with Crippen LogP contribution in [0.2, 0.25) is 0 Å². The third kappa shape index (κ3) is 4.78. The molecule has 3 aliphatic rings. The van der Waals surface area contributed by atoms with E-state index in [0.717, 1.165) is 51.4 Å². The molecule has 34 heavy (non-hydrogen) atoms. The minimum absolute atomic E-state index is 0.00586. The Morgan fingerprint density at radius 2 is 2.15 bits per heavy atom. The fraction of sp³-hybridized carbons (Fsp3) is 0.760. The lowest BCUT2D eigenvalue weighted by molar-refractivity contribution is -0.616. The number of alkyl halides is 3. The zero-order valence-corrected chi connectivity index (χ0v) is 20.3. The molecule has 4 rings (SSSR count). The molecular formula is C25H36F3N3O3. The summed E-state index contributed by atoms with van der Waals surface area (Å²) in [5.74, 6) is 0.584. The van der Waals surface area contributed by atoms with E-state index in [9.17, 15) is 23.2 Å². The van der Waals surface area contributed by atoms with Crippen LogP contribution in [0.4, 0.5) is 13.2 Å². The first-order chi connectivity index (χ1) is 16.0. The lowest BCUT2D eigenvalue weighted by atomic mass is 9.74. The van der Waals surface area contributed by atoms with Gasteiger partial charge in [-0.25, -0.2) is 0 Å². The highest BCUT2D eigenvalue weighted by Crippen LogP contribution is 2.47. The van der Waals surface area contributed by atoms with Crippen molar-refractivity contribution in [3.05, 3.63) is 34.3 Å². The van der Waals surface area contributed by atoms with E-state index in [-0.39, 0.29) is 30.8 Å². The topological polar surface area (TPSA) is 68.5 Å². The summed E-state index contributed by atoms with van der Waals surface area (Å²) in [4.78, 5) is 15.5. The van der Waals surface area contributed by atoms with Crippen LogP contribution in [-0.4, -0.2) is 42.6 Å². The fourth-order valence-electron chi connectivity index (χ4n) is 6.14. The van der Waals surface area contributed by atoms with Crippen LogP contribution >= 0.6 is 0 Å². The molecule has 1 saturated carbocycles. The normalized spacial score (nSPS) is 30.0. The molecule has 6 nitrogen and oxygen atoms in total. The van der Waals surface area contributed by atoms with Crippen LogP contribution in [0, 0.1) is 22.5 Å². The molecule has 0 spiro atoms. The predicted molar refractivity (Wildman–Crippen MR) is 121 cm³/mol. The van der Waals surface area contributed by atoms with Crippen molar-refractivity contribution >= 4 is 5.91 Å². The molecule has 3 heterocycles. The van der Waals surface area contributed by atoms with Crippen molar-refractivity contribution in [2.24, 2.45) is 17.3 Å². The monoisotopic (exact) mass is 483 g/mol. The Hall–Kier alpha value is -1.87. The van der Waals surface area contributed by atoms with E-state index < -0.39 is 17.2 Å². The van der Waals surface area contributed by atoms with Gasteiger partial charge in [0, 0.05) is 30.8 Å². The quantitative estimate of drug-likeness (QED) is 0.511. The number of hydrogen-bond donors (Lipinski definition) is 1. The van der Waals surface area contributed by atoms with Gasteiger partial charge in [0.2, 0.25) is 5.91 Å². The Bertz CT molecular complexity index is 907. The number of ether oxygens (including phenoxy) is 1. The average molecular weight is 484 g/mol. The standard InChI is InChI=1S/C25H36F3N3O3/c1-4-17-15-34-10-7-21(17)29-20-5-8-24(12-20,16(2)3)23(32)30-9-6-22-18(13-30)11-19(14-31(22)33)25(26,27)28/h11,14,16-17,20-21,29H,4-10,12-13,15H2,1-3H3/t17-,20+,21-,24-/m0/s1. The molecular weight excluding hydrogens is 447 g/mol. The highest BCUT2D eigenvalue weighted by molar-refractivity contribution is 5.83. The summed E-state index contributed by atoms with van der Waals surface area (Å²) in [6.07, 6.45) is 0.665. The van der Waals surface area contributed by atoms with E-state index in [0.29, 0.717) is 40.7 Å². The molecule has 1 amide bonds. The van der Waals surface area contributed by atoms with E-state index in [2.05, 4.69) is 26.1 Å². The van der Waals surface area contributed by atoms with Gasteiger partial charge in [0.15, 0.2) is 11.9 Å². The van der Waals surface area contributed by atoms with Crippen LogP contribution < -0.4 is 10.0 Å². The molecule has 0 radical (unpaired) electrons. The number of rotatable bonds is 5. The maximum Gasteiger partial charge on any atom is 0.422 e. The molecule has 9 heteroatoms. The lowest BCUT2D eigenvalue weighted by Crippen LogP contribution is -2.51. The van der Waals surface area contributed by atoms with E-state index >= 15 is 0 Å². The largest absolute Gasteiger partial charge is 0.618 e. The highest BCUT2D eigenvalue weighted by Gasteiger charge is 2.50. The first kappa shape index (κ1) is 25.2. The highest BCUT2D eigenvalue weighted by atomic mass is 19.4. The molecule has 2 fully saturated rings. The summed E-state index contributed by atoms with van der Waals surface area (Å²) in [5, 5.41) is 16.0. The maximum absolute atomic E-state index is 13.9. The number of halogens is 3. The van der Waals surface area contributed by atoms with Gasteiger partial charge in [-0.3, -0.25) is 4.79 Å². The number of aromatic nitrogens is 1. The third-order valence-electron chi connectivity index (χ3n) is 8.35. The zero-order chi connectivity index (χ0) is 24.7. The number of pyridine rings is 1. The van der Waals surface area contributed by atoms with E-state index in [1.807, 2.05) is 0 Å². The summed E-state index contributed by atoms with van der Waals surface area (Å²) in [6.45, 7) is 8.22. The van der Waals surface area contributed by atoms with Gasteiger partial charge in [-0.2, -0.15) is 17.9 Å². The molecule has 1 aromatic rings. The minimum Gasteiger partial charge on any atom is -0.618 e. The minimum atomic E-state index is -4.60. The lowest BCUT2D eigenvalue weighted by Gasteiger charge is -2.39. The van der Waals surface area contributed by atoms with Gasteiger partial charge in [0.25, 0.3) is 0 Å². The van der Waals surface area contributed by atoms with Crippen LogP contribution in [0.5, 0.6) is 0 Å². The SMILES string of the molecule is CC[C@H]1COCC[C@@H]1N[C@@H]1CC[C@@](C(=O)N2CCc3c(cc(C(F)(F)F)c[n+]3[O-])C2)(C(C)C)C1. The molecule has 0 unspecified atom stereocenters. The van der Waals surface area contributed by atoms with Gasteiger partial charge >= 0.3 is 6.18 Å². The van der Waals surface area contributed by atoms with Gasteiger partial charge in [-0.15, -0.1) is 0 Å².